The van der Waals surface area contributed by atoms with E-state index < -0.39 is 5.54 Å². The molecule has 0 radical (unpaired) electrons. The lowest BCUT2D eigenvalue weighted by Crippen LogP contribution is -2.05. The lowest BCUT2D eigenvalue weighted by atomic mass is 10.0. The summed E-state index contributed by atoms with van der Waals surface area (Å²) in [5.74, 6) is 0.607. The molecular weight excluding hydrogens is 214 g/mol. The van der Waals surface area contributed by atoms with Gasteiger partial charge in [-0.15, -0.1) is 0 Å². The fourth-order valence-electron chi connectivity index (χ4n) is 1.73. The zero-order chi connectivity index (χ0) is 10.9. The lowest BCUT2D eigenvalue weighted by molar-refractivity contribution is 0.404. The Balaban J connectivity index is 2.53. The summed E-state index contributed by atoms with van der Waals surface area (Å²) < 4.78 is 5.23. The van der Waals surface area contributed by atoms with Crippen molar-refractivity contribution in [1.82, 2.24) is 0 Å². The lowest BCUT2D eigenvalue weighted by Gasteiger charge is -2.14. The number of rotatable bonds is 3. The standard InChI is InChI=1S/C11H10ClNO2/c1-15-10-8(3-2-4-9(10)12)11(5-6-11)13-7-14/h2-4H,5-6H2,1H3. The van der Waals surface area contributed by atoms with E-state index in [2.05, 4.69) is 4.99 Å². The normalized spacial score (nSPS) is 16.7. The summed E-state index contributed by atoms with van der Waals surface area (Å²) >= 11 is 6.00. The molecule has 0 atom stereocenters. The Hall–Kier alpha value is -1.31. The number of benzene rings is 1. The summed E-state index contributed by atoms with van der Waals surface area (Å²) in [4.78, 5) is 14.2. The second kappa shape index (κ2) is 3.69. The van der Waals surface area contributed by atoms with Crippen LogP contribution in [-0.4, -0.2) is 13.2 Å². The average molecular weight is 224 g/mol. The highest BCUT2D eigenvalue weighted by atomic mass is 35.5. The Morgan fingerprint density at radius 2 is 2.27 bits per heavy atom. The first-order valence-corrected chi connectivity index (χ1v) is 5.03. The first-order chi connectivity index (χ1) is 7.23. The SMILES string of the molecule is COc1c(Cl)cccc1C1(N=C=O)CC1. The molecule has 0 heterocycles. The summed E-state index contributed by atoms with van der Waals surface area (Å²) in [6.07, 6.45) is 3.31. The van der Waals surface area contributed by atoms with Crippen molar-refractivity contribution in [2.75, 3.05) is 7.11 Å². The molecule has 0 bridgehead atoms. The molecule has 1 aromatic rings. The van der Waals surface area contributed by atoms with Crippen molar-refractivity contribution in [3.8, 4) is 5.75 Å². The molecular formula is C11H10ClNO2. The van der Waals surface area contributed by atoms with Crippen LogP contribution in [0.4, 0.5) is 0 Å². The summed E-state index contributed by atoms with van der Waals surface area (Å²) in [5.41, 5.74) is 0.443. The molecule has 0 saturated heterocycles. The van der Waals surface area contributed by atoms with E-state index in [1.54, 1.807) is 19.3 Å². The van der Waals surface area contributed by atoms with E-state index in [9.17, 15) is 4.79 Å². The Morgan fingerprint density at radius 3 is 2.80 bits per heavy atom. The van der Waals surface area contributed by atoms with Crippen LogP contribution in [0.2, 0.25) is 5.02 Å². The van der Waals surface area contributed by atoms with E-state index in [1.807, 2.05) is 12.1 Å². The van der Waals surface area contributed by atoms with Crippen LogP contribution in [0.5, 0.6) is 5.75 Å². The molecule has 0 amide bonds. The predicted octanol–water partition coefficient (Wildman–Crippen LogP) is 2.67. The van der Waals surface area contributed by atoms with Crippen molar-refractivity contribution in [3.05, 3.63) is 28.8 Å². The predicted molar refractivity (Wildman–Crippen MR) is 57.0 cm³/mol. The molecule has 0 aliphatic heterocycles. The van der Waals surface area contributed by atoms with Gasteiger partial charge >= 0.3 is 0 Å². The van der Waals surface area contributed by atoms with Crippen molar-refractivity contribution in [1.29, 1.82) is 0 Å². The van der Waals surface area contributed by atoms with E-state index in [4.69, 9.17) is 16.3 Å². The highest BCUT2D eigenvalue weighted by molar-refractivity contribution is 6.32. The minimum atomic E-state index is -0.433. The molecule has 4 heteroatoms. The molecule has 0 aromatic heterocycles. The number of hydrogen-bond donors (Lipinski definition) is 0. The number of nitrogens with zero attached hydrogens (tertiary/aromatic N) is 1. The third-order valence-corrected chi connectivity index (χ3v) is 2.95. The van der Waals surface area contributed by atoms with Crippen molar-refractivity contribution in [3.63, 3.8) is 0 Å². The molecule has 78 valence electrons. The van der Waals surface area contributed by atoms with Gasteiger partial charge in [0.25, 0.3) is 0 Å². The van der Waals surface area contributed by atoms with Crippen LogP contribution in [0.3, 0.4) is 0 Å². The zero-order valence-corrected chi connectivity index (χ0v) is 9.04. The van der Waals surface area contributed by atoms with E-state index in [1.165, 1.54) is 0 Å². The number of halogens is 1. The number of methoxy groups -OCH3 is 1. The number of carbonyl (C=O) groups excluding carboxylic acids is 1. The van der Waals surface area contributed by atoms with Crippen molar-refractivity contribution in [2.24, 2.45) is 4.99 Å². The average Bonchev–Trinajstić information content (AvgIpc) is 2.99. The molecule has 1 aliphatic carbocycles. The maximum atomic E-state index is 10.4. The quantitative estimate of drug-likeness (QED) is 0.584. The smallest absolute Gasteiger partial charge is 0.235 e. The second-order valence-electron chi connectivity index (χ2n) is 3.56. The van der Waals surface area contributed by atoms with E-state index in [-0.39, 0.29) is 0 Å². The molecule has 0 spiro atoms. The highest BCUT2D eigenvalue weighted by Gasteiger charge is 2.47. The Bertz CT molecular complexity index is 434. The van der Waals surface area contributed by atoms with Crippen molar-refractivity contribution in [2.45, 2.75) is 18.4 Å². The summed E-state index contributed by atoms with van der Waals surface area (Å²) in [5, 5.41) is 0.544. The van der Waals surface area contributed by atoms with E-state index >= 15 is 0 Å². The van der Waals surface area contributed by atoms with Crippen LogP contribution in [0.25, 0.3) is 0 Å². The molecule has 1 fully saturated rings. The summed E-state index contributed by atoms with van der Waals surface area (Å²) in [7, 11) is 1.56. The Kier molecular flexibility index (Phi) is 2.51. The van der Waals surface area contributed by atoms with Gasteiger partial charge in [0.1, 0.15) is 11.3 Å². The molecule has 0 N–H and O–H groups in total. The van der Waals surface area contributed by atoms with Crippen LogP contribution in [0.15, 0.2) is 23.2 Å². The van der Waals surface area contributed by atoms with Gasteiger partial charge < -0.3 is 4.74 Å². The molecule has 0 unspecified atom stereocenters. The molecule has 15 heavy (non-hydrogen) atoms. The highest BCUT2D eigenvalue weighted by Crippen LogP contribution is 2.53. The Labute approximate surface area is 92.7 Å². The maximum absolute atomic E-state index is 10.4. The first kappa shape index (κ1) is 10.2. The van der Waals surface area contributed by atoms with Crippen LogP contribution in [-0.2, 0) is 10.3 Å². The fraction of sp³-hybridized carbons (Fsp3) is 0.364. The fourth-order valence-corrected chi connectivity index (χ4v) is 1.98. The van der Waals surface area contributed by atoms with E-state index in [0.29, 0.717) is 10.8 Å². The monoisotopic (exact) mass is 223 g/mol. The van der Waals surface area contributed by atoms with Gasteiger partial charge in [0.2, 0.25) is 6.08 Å². The van der Waals surface area contributed by atoms with Crippen LogP contribution in [0.1, 0.15) is 18.4 Å². The van der Waals surface area contributed by atoms with Gasteiger partial charge in [-0.3, -0.25) is 0 Å². The van der Waals surface area contributed by atoms with Crippen molar-refractivity contribution < 1.29 is 9.53 Å². The zero-order valence-electron chi connectivity index (χ0n) is 8.29. The van der Waals surface area contributed by atoms with Crippen molar-refractivity contribution >= 4 is 17.7 Å². The number of hydrogen-bond acceptors (Lipinski definition) is 3. The number of isocyanates is 1. The molecule has 1 saturated carbocycles. The third-order valence-electron chi connectivity index (χ3n) is 2.66. The van der Waals surface area contributed by atoms with Gasteiger partial charge in [-0.25, -0.2) is 4.79 Å². The number of ether oxygens (including phenoxy) is 1. The van der Waals surface area contributed by atoms with Gasteiger partial charge in [0.05, 0.1) is 12.1 Å². The van der Waals surface area contributed by atoms with Crippen LogP contribution >= 0.6 is 11.6 Å². The van der Waals surface area contributed by atoms with Gasteiger partial charge in [-0.1, -0.05) is 23.7 Å². The van der Waals surface area contributed by atoms with Crippen LogP contribution in [0, 0.1) is 0 Å². The second-order valence-corrected chi connectivity index (χ2v) is 3.96. The van der Waals surface area contributed by atoms with E-state index in [0.717, 1.165) is 18.4 Å². The van der Waals surface area contributed by atoms with Gasteiger partial charge in [-0.2, -0.15) is 4.99 Å². The third kappa shape index (κ3) is 1.65. The first-order valence-electron chi connectivity index (χ1n) is 4.65. The summed E-state index contributed by atoms with van der Waals surface area (Å²) in [6.45, 7) is 0. The maximum Gasteiger partial charge on any atom is 0.235 e. The minimum absolute atomic E-state index is 0.433. The van der Waals surface area contributed by atoms with Gasteiger partial charge in [0.15, 0.2) is 0 Å². The summed E-state index contributed by atoms with van der Waals surface area (Å²) in [6, 6.07) is 5.48. The number of aliphatic imine (C=N–C) groups is 1. The number of para-hydroxylation sites is 1. The molecule has 3 nitrogen and oxygen atoms in total. The molecule has 2 rings (SSSR count). The minimum Gasteiger partial charge on any atom is -0.495 e. The molecule has 1 aliphatic rings. The van der Waals surface area contributed by atoms with Gasteiger partial charge in [-0.05, 0) is 18.9 Å². The topological polar surface area (TPSA) is 38.7 Å². The van der Waals surface area contributed by atoms with Gasteiger partial charge in [0, 0.05) is 5.56 Å². The van der Waals surface area contributed by atoms with Crippen LogP contribution < -0.4 is 4.74 Å². The molecule has 1 aromatic carbocycles. The largest absolute Gasteiger partial charge is 0.495 e. The Morgan fingerprint density at radius 1 is 1.53 bits per heavy atom.